The molecule has 0 aliphatic rings. The van der Waals surface area contributed by atoms with Crippen LogP contribution in [0.1, 0.15) is 23.7 Å². The number of rotatable bonds is 7. The number of thiophene rings is 1. The van der Waals surface area contributed by atoms with Crippen LogP contribution in [0.15, 0.2) is 42.5 Å². The number of nitrogens with one attached hydrogen (secondary N) is 1. The average Bonchev–Trinajstić information content (AvgIpc) is 3.28. The van der Waals surface area contributed by atoms with E-state index in [1.807, 2.05) is 37.3 Å². The number of ether oxygens (including phenoxy) is 3. The highest BCUT2D eigenvalue weighted by Gasteiger charge is 2.16. The zero-order chi connectivity index (χ0) is 22.8. The molecule has 0 saturated carbocycles. The fourth-order valence-electron chi connectivity index (χ4n) is 3.52. The van der Waals surface area contributed by atoms with Crippen LogP contribution in [0, 0.1) is 12.7 Å². The van der Waals surface area contributed by atoms with Gasteiger partial charge in [-0.2, -0.15) is 0 Å². The van der Waals surface area contributed by atoms with Gasteiger partial charge >= 0.3 is 0 Å². The summed E-state index contributed by atoms with van der Waals surface area (Å²) in [6, 6.07) is 12.4. The van der Waals surface area contributed by atoms with Crippen LogP contribution < -0.4 is 19.5 Å². The summed E-state index contributed by atoms with van der Waals surface area (Å²) < 4.78 is 30.0. The van der Waals surface area contributed by atoms with E-state index in [0.29, 0.717) is 28.9 Å². The Balaban J connectivity index is 1.66. The van der Waals surface area contributed by atoms with Crippen molar-refractivity contribution >= 4 is 28.1 Å². The average molecular weight is 454 g/mol. The summed E-state index contributed by atoms with van der Waals surface area (Å²) >= 11 is 1.59. The molecular formula is C24H24FN3O3S. The summed E-state index contributed by atoms with van der Waals surface area (Å²) in [7, 11) is 4.73. The summed E-state index contributed by atoms with van der Waals surface area (Å²) in [6.45, 7) is 3.92. The molecule has 0 aliphatic carbocycles. The van der Waals surface area contributed by atoms with Crippen LogP contribution in [0.4, 0.5) is 10.2 Å². The van der Waals surface area contributed by atoms with Crippen molar-refractivity contribution in [3.05, 3.63) is 59.0 Å². The van der Waals surface area contributed by atoms with Gasteiger partial charge in [0.25, 0.3) is 0 Å². The van der Waals surface area contributed by atoms with Gasteiger partial charge in [0.15, 0.2) is 11.5 Å². The lowest BCUT2D eigenvalue weighted by atomic mass is 10.1. The lowest BCUT2D eigenvalue weighted by Gasteiger charge is -2.16. The molecule has 4 rings (SSSR count). The molecule has 0 radical (unpaired) electrons. The zero-order valence-electron chi connectivity index (χ0n) is 18.5. The smallest absolute Gasteiger partial charge is 0.162 e. The maximum absolute atomic E-state index is 13.9. The van der Waals surface area contributed by atoms with Crippen molar-refractivity contribution in [1.82, 2.24) is 9.97 Å². The predicted molar refractivity (Wildman–Crippen MR) is 126 cm³/mol. The zero-order valence-corrected chi connectivity index (χ0v) is 19.3. The second kappa shape index (κ2) is 9.00. The highest BCUT2D eigenvalue weighted by atomic mass is 32.1. The van der Waals surface area contributed by atoms with Gasteiger partial charge in [-0.05, 0) is 49.7 Å². The van der Waals surface area contributed by atoms with Crippen LogP contribution in [0.2, 0.25) is 0 Å². The first-order valence-electron chi connectivity index (χ1n) is 10.0. The second-order valence-electron chi connectivity index (χ2n) is 7.29. The third kappa shape index (κ3) is 4.31. The van der Waals surface area contributed by atoms with Crippen molar-refractivity contribution in [2.75, 3.05) is 26.6 Å². The molecule has 0 fully saturated rings. The first-order chi connectivity index (χ1) is 15.4. The van der Waals surface area contributed by atoms with Crippen LogP contribution in [0.3, 0.4) is 0 Å². The predicted octanol–water partition coefficient (Wildman–Crippen LogP) is 6.00. The SMILES string of the molecule is COc1cc(F)cc(-c2ccc(C(C)Nc3nc(C)nc4cc(OC)c(OC)cc34)s2)c1. The highest BCUT2D eigenvalue weighted by Crippen LogP contribution is 2.37. The van der Waals surface area contributed by atoms with Crippen molar-refractivity contribution in [1.29, 1.82) is 0 Å². The van der Waals surface area contributed by atoms with E-state index in [-0.39, 0.29) is 11.9 Å². The Morgan fingerprint density at radius 1 is 0.938 bits per heavy atom. The van der Waals surface area contributed by atoms with E-state index in [1.165, 1.54) is 19.2 Å². The van der Waals surface area contributed by atoms with Crippen LogP contribution in [0.5, 0.6) is 17.2 Å². The van der Waals surface area contributed by atoms with Gasteiger partial charge in [0.1, 0.15) is 23.2 Å². The van der Waals surface area contributed by atoms with Crippen molar-refractivity contribution in [3.63, 3.8) is 0 Å². The van der Waals surface area contributed by atoms with Gasteiger partial charge in [0, 0.05) is 27.3 Å². The number of anilines is 1. The second-order valence-corrected chi connectivity index (χ2v) is 8.41. The molecule has 2 heterocycles. The summed E-state index contributed by atoms with van der Waals surface area (Å²) in [6.07, 6.45) is 0. The van der Waals surface area contributed by atoms with Crippen molar-refractivity contribution in [2.45, 2.75) is 19.9 Å². The summed E-state index contributed by atoms with van der Waals surface area (Å²) in [5.74, 6) is 2.76. The molecule has 1 atom stereocenters. The fraction of sp³-hybridized carbons (Fsp3) is 0.250. The van der Waals surface area contributed by atoms with Crippen molar-refractivity contribution in [2.24, 2.45) is 0 Å². The molecule has 166 valence electrons. The Morgan fingerprint density at radius 2 is 1.69 bits per heavy atom. The standard InChI is InChI=1S/C24H24FN3O3S/c1-13(22-6-7-23(32-22)15-8-16(25)10-17(9-15)29-3)26-24-18-11-20(30-4)21(31-5)12-19(18)27-14(2)28-24/h6-13H,1-5H3,(H,26,27,28). The van der Waals surface area contributed by atoms with Crippen molar-refractivity contribution < 1.29 is 18.6 Å². The number of fused-ring (bicyclic) bond motifs is 1. The van der Waals surface area contributed by atoms with Crippen LogP contribution in [-0.4, -0.2) is 31.3 Å². The molecule has 1 unspecified atom stereocenters. The largest absolute Gasteiger partial charge is 0.497 e. The van der Waals surface area contributed by atoms with E-state index < -0.39 is 0 Å². The number of aromatic nitrogens is 2. The fourth-order valence-corrected chi connectivity index (χ4v) is 4.52. The molecule has 4 aromatic rings. The Labute approximate surface area is 190 Å². The Morgan fingerprint density at radius 3 is 2.41 bits per heavy atom. The molecule has 2 aromatic heterocycles. The van der Waals surface area contributed by atoms with E-state index in [4.69, 9.17) is 14.2 Å². The molecule has 2 aromatic carbocycles. The molecule has 32 heavy (non-hydrogen) atoms. The third-order valence-electron chi connectivity index (χ3n) is 5.11. The number of hydrogen-bond acceptors (Lipinski definition) is 7. The van der Waals surface area contributed by atoms with E-state index in [1.54, 1.807) is 25.6 Å². The maximum Gasteiger partial charge on any atom is 0.162 e. The quantitative estimate of drug-likeness (QED) is 0.370. The normalized spacial score (nSPS) is 11.9. The van der Waals surface area contributed by atoms with Gasteiger partial charge < -0.3 is 19.5 Å². The minimum Gasteiger partial charge on any atom is -0.497 e. The molecule has 0 aliphatic heterocycles. The van der Waals surface area contributed by atoms with Gasteiger partial charge in [-0.15, -0.1) is 11.3 Å². The molecule has 1 N–H and O–H groups in total. The van der Waals surface area contributed by atoms with E-state index >= 15 is 0 Å². The lowest BCUT2D eigenvalue weighted by molar-refractivity contribution is 0.356. The number of methoxy groups -OCH3 is 3. The monoisotopic (exact) mass is 453 g/mol. The molecule has 6 nitrogen and oxygen atoms in total. The molecule has 0 bridgehead atoms. The topological polar surface area (TPSA) is 65.5 Å². The maximum atomic E-state index is 13.9. The molecule has 0 amide bonds. The molecular weight excluding hydrogens is 429 g/mol. The first-order valence-corrected chi connectivity index (χ1v) is 10.8. The molecule has 0 spiro atoms. The van der Waals surface area contributed by atoms with E-state index in [0.717, 1.165) is 26.2 Å². The Kier molecular flexibility index (Phi) is 6.14. The highest BCUT2D eigenvalue weighted by molar-refractivity contribution is 7.15. The van der Waals surface area contributed by atoms with E-state index in [2.05, 4.69) is 22.2 Å². The number of halogens is 1. The van der Waals surface area contributed by atoms with Gasteiger partial charge in [0.05, 0.1) is 32.9 Å². The molecule has 8 heteroatoms. The number of hydrogen-bond donors (Lipinski definition) is 1. The third-order valence-corrected chi connectivity index (χ3v) is 6.43. The first kappa shape index (κ1) is 21.8. The number of nitrogens with zero attached hydrogens (tertiary/aromatic N) is 2. The van der Waals surface area contributed by atoms with Crippen LogP contribution in [-0.2, 0) is 0 Å². The summed E-state index contributed by atoms with van der Waals surface area (Å²) in [5.41, 5.74) is 1.55. The van der Waals surface area contributed by atoms with Crippen molar-refractivity contribution in [3.8, 4) is 27.7 Å². The van der Waals surface area contributed by atoms with Crippen LogP contribution >= 0.6 is 11.3 Å². The van der Waals surface area contributed by atoms with Gasteiger partial charge in [-0.1, -0.05) is 0 Å². The minimum absolute atomic E-state index is 0.0326. The van der Waals surface area contributed by atoms with Gasteiger partial charge in [0.2, 0.25) is 0 Å². The summed E-state index contributed by atoms with van der Waals surface area (Å²) in [4.78, 5) is 11.2. The van der Waals surface area contributed by atoms with Gasteiger partial charge in [-0.3, -0.25) is 0 Å². The summed E-state index contributed by atoms with van der Waals surface area (Å²) in [5, 5.41) is 4.33. The van der Waals surface area contributed by atoms with Gasteiger partial charge in [-0.25, -0.2) is 14.4 Å². The Bertz CT molecular complexity index is 1280. The lowest BCUT2D eigenvalue weighted by Crippen LogP contribution is -2.08. The number of aryl methyl sites for hydroxylation is 1. The minimum atomic E-state index is -0.326. The van der Waals surface area contributed by atoms with E-state index in [9.17, 15) is 4.39 Å². The van der Waals surface area contributed by atoms with Crippen LogP contribution in [0.25, 0.3) is 21.3 Å². The number of benzene rings is 2. The molecule has 0 saturated heterocycles. The Hall–Kier alpha value is -3.39.